The number of anilines is 4. The van der Waals surface area contributed by atoms with Gasteiger partial charge >= 0.3 is 113 Å². The molecular weight excluding hydrogens is 2350 g/mol. The molecule has 11 rings (SSSR count). The topological polar surface area (TPSA) is 587 Å². The fraction of sp³-hybridized carbons (Fsp3) is 0.293. The van der Waals surface area contributed by atoms with Crippen molar-refractivity contribution in [2.75, 3.05) is 114 Å². The molecule has 55 heteroatoms. The third-order valence-corrected chi connectivity index (χ3v) is 22.2. The van der Waals surface area contributed by atoms with Crippen LogP contribution in [0.2, 0.25) is 5.15 Å². The molecule has 0 atom stereocenters. The van der Waals surface area contributed by atoms with Crippen molar-refractivity contribution in [3.8, 4) is 0 Å². The third-order valence-electron chi connectivity index (χ3n) is 14.0. The normalized spacial score (nSPS) is 9.75. The number of aromatic nitrogens is 16. The van der Waals surface area contributed by atoms with Crippen molar-refractivity contribution in [3.05, 3.63) is 196 Å². The number of halogens is 4. The van der Waals surface area contributed by atoms with Crippen LogP contribution in [0.4, 0.5) is 23.3 Å². The molecule has 0 spiro atoms. The van der Waals surface area contributed by atoms with Gasteiger partial charge in [-0.15, -0.1) is 0 Å². The SMILES string of the molecule is BrCc1ccccc1Br.C.CCOC(=O)/C=C/c1cnc(SC)nc1N.CCOC(=O)CP(=O)(OC)OC.CCOC(=O)c1cnc(SC)nc1Cl.CCOC(=O)c1cnc(SC)nc1N.CSc1ncc(C=O)c(N)n1.CSc1ncc(CO)c(N)n1.CSc1ncc2ccc(=O)[nH]c2n1.CSc1ncc2ccc(=O)n(Cc3ccccc3Br)c2n1.N.[2H][B].[H-].[H-].[Na+].[Na+].[O]=[Mn]=[O].[U]. The van der Waals surface area contributed by atoms with Gasteiger partial charge in [-0.3, -0.25) is 28.3 Å². The number of aldehydes is 1. The van der Waals surface area contributed by atoms with Gasteiger partial charge < -0.3 is 70.0 Å². The van der Waals surface area contributed by atoms with Gasteiger partial charge in [0.2, 0.25) is 5.56 Å². The number of esters is 4. The number of fused-ring (bicyclic) bond motifs is 2. The number of thioether (sulfide) groups is 7. The molecule has 695 valence electrons. The van der Waals surface area contributed by atoms with E-state index in [1.165, 1.54) is 150 Å². The van der Waals surface area contributed by atoms with E-state index in [1.54, 1.807) is 69.1 Å². The Morgan fingerprint density at radius 1 is 0.569 bits per heavy atom. The number of aliphatic hydroxyl groups excluding tert-OH is 1. The van der Waals surface area contributed by atoms with Crippen molar-refractivity contribution in [2.24, 2.45) is 0 Å². The molecule has 2 aromatic carbocycles. The first kappa shape index (κ1) is 131. The van der Waals surface area contributed by atoms with E-state index in [4.69, 9.17) is 62.9 Å². The van der Waals surface area contributed by atoms with Crippen LogP contribution in [0.25, 0.3) is 28.1 Å². The number of ether oxygens (including phenoxy) is 4. The fourth-order valence-corrected chi connectivity index (χ4v) is 13.3. The van der Waals surface area contributed by atoms with Crippen molar-refractivity contribution in [1.29, 1.82) is 1.34 Å². The molecule has 0 aliphatic carbocycles. The Labute approximate surface area is 892 Å². The molecule has 13 N–H and O–H groups in total. The predicted molar refractivity (Wildman–Crippen MR) is 514 cm³/mol. The number of nitrogens with zero attached hydrogens (tertiary/aromatic N) is 15. The number of benzene rings is 2. The quantitative estimate of drug-likeness (QED) is 0.00287. The summed E-state index contributed by atoms with van der Waals surface area (Å²) in [6, 6.07) is 22.5. The molecule has 0 aliphatic rings. The minimum Gasteiger partial charge on any atom is 0 e. The molecule has 11 aromatic rings. The van der Waals surface area contributed by atoms with Gasteiger partial charge in [0.05, 0.1) is 45.1 Å². The molecule has 0 unspecified atom stereocenters. The Kier molecular flexibility index (Phi) is 76.9. The van der Waals surface area contributed by atoms with E-state index in [0.29, 0.717) is 108 Å². The minimum absolute atomic E-state index is 0. The number of alkyl halides is 1. The van der Waals surface area contributed by atoms with Gasteiger partial charge in [0.15, 0.2) is 42.4 Å². The van der Waals surface area contributed by atoms with Crippen LogP contribution in [-0.4, -0.2) is 215 Å². The number of aliphatic hydroxyl groups is 1. The van der Waals surface area contributed by atoms with E-state index >= 15 is 0 Å². The Morgan fingerprint density at radius 3 is 1.41 bits per heavy atom. The Balaban J connectivity index is -0.000000267. The number of carbonyl (C=O) groups is 5. The van der Waals surface area contributed by atoms with Crippen LogP contribution in [0.3, 0.4) is 0 Å². The Hall–Kier alpha value is -5.60. The molecule has 0 amide bonds. The number of rotatable bonds is 24. The number of nitrogens with one attached hydrogen (secondary N) is 1. The molecule has 38 nitrogen and oxygen atoms in total. The van der Waals surface area contributed by atoms with E-state index in [0.717, 1.165) is 26.1 Å². The number of nitrogens with two attached hydrogens (primary N) is 4. The molecule has 0 saturated carbocycles. The molecular formula is C75H97BBr3ClMnN21Na2O17PS7U. The molecule has 9 heterocycles. The van der Waals surface area contributed by atoms with Gasteiger partial charge in [-0.05, 0) is 114 Å². The summed E-state index contributed by atoms with van der Waals surface area (Å²) in [5.41, 5.74) is 27.4. The summed E-state index contributed by atoms with van der Waals surface area (Å²) in [6.45, 7) is 8.45. The number of hydrogen-bond donors (Lipinski definition) is 7. The van der Waals surface area contributed by atoms with Crippen LogP contribution < -0.4 is 99.3 Å². The maximum atomic E-state index is 12.2. The van der Waals surface area contributed by atoms with Gasteiger partial charge in [-0.2, -0.15) is 0 Å². The first-order chi connectivity index (χ1) is 60.4. The number of nitrogen functional groups attached to an aromatic ring is 4. The summed E-state index contributed by atoms with van der Waals surface area (Å²) < 4.78 is 65.1. The van der Waals surface area contributed by atoms with Crippen molar-refractivity contribution in [3.63, 3.8) is 0 Å². The Bertz CT molecular complexity index is 5490. The van der Waals surface area contributed by atoms with E-state index < -0.39 is 46.3 Å². The van der Waals surface area contributed by atoms with Crippen LogP contribution >= 0.6 is 149 Å². The number of H-pyrrole nitrogens is 1. The zero-order valence-electron chi connectivity index (χ0n) is 75.3. The van der Waals surface area contributed by atoms with Gasteiger partial charge in [0, 0.05) is 151 Å². The van der Waals surface area contributed by atoms with Gasteiger partial charge in [-0.1, -0.05) is 186 Å². The molecule has 0 aliphatic heterocycles. The van der Waals surface area contributed by atoms with E-state index in [2.05, 4.69) is 151 Å². The van der Waals surface area contributed by atoms with Crippen LogP contribution in [0.15, 0.2) is 177 Å². The maximum absolute atomic E-state index is 12.2. The average molecular weight is 2450 g/mol. The summed E-state index contributed by atoms with van der Waals surface area (Å²) in [5, 5.41) is 15.7. The van der Waals surface area contributed by atoms with Gasteiger partial charge in [0.25, 0.3) is 5.56 Å². The Morgan fingerprint density at radius 2 is 0.977 bits per heavy atom. The molecule has 0 fully saturated rings. The van der Waals surface area contributed by atoms with Gasteiger partial charge in [-0.25, -0.2) is 84.2 Å². The zero-order chi connectivity index (χ0) is 94.7. The minimum atomic E-state index is -3.24. The number of carbonyl (C=O) groups excluding carboxylic acids is 5. The third kappa shape index (κ3) is 50.3. The van der Waals surface area contributed by atoms with Crippen LogP contribution in [0.1, 0.15) is 91.3 Å². The van der Waals surface area contributed by atoms with Crippen molar-refractivity contribution < 1.29 is 177 Å². The van der Waals surface area contributed by atoms with E-state index in [-0.39, 0.29) is 165 Å². The average Bonchev–Trinajstić information content (AvgIpc) is 0.790. The molecule has 9 aromatic heterocycles. The molecule has 130 heavy (non-hydrogen) atoms. The second-order valence-electron chi connectivity index (χ2n) is 21.9. The molecule has 2 radical (unpaired) electrons. The van der Waals surface area contributed by atoms with Crippen molar-refractivity contribution >= 4 is 239 Å². The van der Waals surface area contributed by atoms with Crippen LogP contribution in [-0.2, 0) is 83.1 Å². The van der Waals surface area contributed by atoms with Crippen LogP contribution in [0, 0.1) is 31.1 Å². The summed E-state index contributed by atoms with van der Waals surface area (Å²) >= 11 is 24.5. The monoisotopic (exact) mass is 2440 g/mol. The summed E-state index contributed by atoms with van der Waals surface area (Å²) in [5.74, 6) is -0.878. The number of aromatic amines is 1. The first-order valence-electron chi connectivity index (χ1n) is 35.5. The first-order valence-corrected chi connectivity index (χ1v) is 49.3. The molecule has 0 saturated heterocycles. The smallest absolute Gasteiger partial charge is 0 e. The van der Waals surface area contributed by atoms with Crippen molar-refractivity contribution in [1.82, 2.24) is 85.5 Å². The summed E-state index contributed by atoms with van der Waals surface area (Å²) in [4.78, 5) is 137. The van der Waals surface area contributed by atoms with Crippen LogP contribution in [0.5, 0.6) is 0 Å². The zero-order valence-corrected chi connectivity index (χ0v) is 93.8. The standard InChI is InChI=1S/C15H12BrN3OS.C10H13N3O2S.C8H9ClN2O2S.C8H11N3O2S.C8H7N3OS.C7H6Br2.C6H9N3OS.C6H7N3OS.C6H13O5P.CH4.BH.Mn.H3N.2Na.2O.U.2H/c1-21-15-17-8-10-6-7-13(20)19(14(10)18-15)9-11-4-2-3-5-12(11)16;1-3-15-8(14)5-4-7-6-12-10(16-2)13-9(7)11;2*1-3-13-7(12)5-4-10-8(14-2)11-6(5)9;1-13-8-9-4-5-2-3-6(12)10-7(5)11-8;8-5-6-3-1-2-4-7(6)9;2*1-11-6-8-2-4(3-10)5(7)9-6;1-4-11-6(7)5-12(8,9-2)10-3;;;;;;;;;;;/h2-8H,9H2,1H3;4-6H,3H2,1-2H3,(H2,11,12,13);4H,3H2,1-2H3;4H,3H2,1-2H3,(H2,9,10,11);2-4H,1H3,(H,9,10,11,12);1-4H,5H2;2,10H,3H2,1H3,(H2,7,8,9);2-3H,1H3,(H2,7,8,9);4-5H2,1-3H3;1H4;1H;;1H3;;;;;;;/q;;;;;;;;;;;;;2*+1;;;;2*-1/b;5-4+;;;;;;;;;;;;;;;;;;/i;;;;;;;;;;1D;;;;;;;;;. The fourth-order valence-electron chi connectivity index (χ4n) is 8.09. The predicted octanol–water partition coefficient (Wildman–Crippen LogP) is 8.10. The number of hydrogen-bond acceptors (Lipinski definition) is 43. The van der Waals surface area contributed by atoms with Gasteiger partial charge in [0.1, 0.15) is 57.0 Å². The van der Waals surface area contributed by atoms with Crippen molar-refractivity contribution in [2.45, 2.75) is 89.7 Å². The maximum Gasteiger partial charge on any atom is 0 e. The molecule has 0 bridgehead atoms. The second-order valence-corrected chi connectivity index (χ2v) is 32.4. The summed E-state index contributed by atoms with van der Waals surface area (Å²) in [6.07, 6.45) is 26.9. The largest absolute Gasteiger partial charge is 0 e. The number of pyridine rings is 2. The summed E-state index contributed by atoms with van der Waals surface area (Å²) in [7, 11) is 2.96. The van der Waals surface area contributed by atoms with E-state index in [9.17, 15) is 38.1 Å². The van der Waals surface area contributed by atoms with E-state index in [1.807, 2.05) is 86.3 Å². The second kappa shape index (κ2) is 76.6.